The van der Waals surface area contributed by atoms with Gasteiger partial charge in [-0.15, -0.1) is 0 Å². The molecule has 0 atom stereocenters. The molecule has 2 N–H and O–H groups in total. The molecule has 0 bridgehead atoms. The lowest BCUT2D eigenvalue weighted by Gasteiger charge is -2.03. The Hall–Kier alpha value is -0.910. The van der Waals surface area contributed by atoms with E-state index in [1.807, 2.05) is 0 Å². The summed E-state index contributed by atoms with van der Waals surface area (Å²) in [5, 5.41) is 8.66. The zero-order chi connectivity index (χ0) is 10.6. The molecule has 1 aromatic carbocycles. The van der Waals surface area contributed by atoms with Gasteiger partial charge >= 0.3 is 0 Å². The number of hydrogen-bond acceptors (Lipinski definition) is 3. The fraction of sp³-hybridized carbons (Fsp3) is 0.333. The summed E-state index contributed by atoms with van der Waals surface area (Å²) in [5.74, 6) is 0. The van der Waals surface area contributed by atoms with Gasteiger partial charge in [0.25, 0.3) is 0 Å². The maximum absolute atomic E-state index is 11.3. The van der Waals surface area contributed by atoms with Crippen molar-refractivity contribution in [3.05, 3.63) is 29.8 Å². The Balaban J connectivity index is 2.94. The number of aliphatic hydroxyl groups excluding tert-OH is 1. The van der Waals surface area contributed by atoms with Crippen LogP contribution in [-0.2, 0) is 16.4 Å². The van der Waals surface area contributed by atoms with Gasteiger partial charge in [0.1, 0.15) is 0 Å². The maximum Gasteiger partial charge on any atom is 0.240 e. The predicted octanol–water partition coefficient (Wildman–Crippen LogP) is 0.129. The van der Waals surface area contributed by atoms with Gasteiger partial charge < -0.3 is 5.11 Å². The fourth-order valence-electron chi connectivity index (χ4n) is 1.08. The number of nitrogens with one attached hydrogen (secondary N) is 1. The van der Waals surface area contributed by atoms with Crippen LogP contribution < -0.4 is 4.72 Å². The van der Waals surface area contributed by atoms with E-state index >= 15 is 0 Å². The van der Waals surface area contributed by atoms with Crippen molar-refractivity contribution in [3.63, 3.8) is 0 Å². The Kier molecular flexibility index (Phi) is 3.62. The molecule has 1 rings (SSSR count). The summed E-state index contributed by atoms with van der Waals surface area (Å²) in [6.07, 6.45) is 0.542. The molecule has 0 aromatic heterocycles. The van der Waals surface area contributed by atoms with Gasteiger partial charge in [-0.2, -0.15) is 0 Å². The third kappa shape index (κ3) is 2.54. The lowest BCUT2D eigenvalue weighted by molar-refractivity contribution is 0.299. The van der Waals surface area contributed by atoms with E-state index in [-0.39, 0.29) is 11.5 Å². The second-order valence-electron chi connectivity index (χ2n) is 2.83. The summed E-state index contributed by atoms with van der Waals surface area (Å²) >= 11 is 0. The van der Waals surface area contributed by atoms with E-state index < -0.39 is 10.0 Å². The van der Waals surface area contributed by atoms with Crippen molar-refractivity contribution in [2.24, 2.45) is 0 Å². The molecule has 5 heteroatoms. The highest BCUT2D eigenvalue weighted by Crippen LogP contribution is 2.10. The molecule has 0 aliphatic carbocycles. The smallest absolute Gasteiger partial charge is 0.240 e. The average molecular weight is 215 g/mol. The van der Waals surface area contributed by atoms with Gasteiger partial charge in [-0.1, -0.05) is 12.1 Å². The minimum Gasteiger partial charge on any atom is -0.396 e. The second-order valence-corrected chi connectivity index (χ2v) is 4.71. The fourth-order valence-corrected chi connectivity index (χ4v) is 1.81. The van der Waals surface area contributed by atoms with Crippen molar-refractivity contribution < 1.29 is 13.5 Å². The summed E-state index contributed by atoms with van der Waals surface area (Å²) in [5.41, 5.74) is 0.919. The highest BCUT2D eigenvalue weighted by atomic mass is 32.2. The lowest BCUT2D eigenvalue weighted by Crippen LogP contribution is -2.18. The largest absolute Gasteiger partial charge is 0.396 e. The summed E-state index contributed by atoms with van der Waals surface area (Å²) in [7, 11) is -1.97. The molecule has 78 valence electrons. The first-order chi connectivity index (χ1) is 6.60. The molecule has 0 spiro atoms. The highest BCUT2D eigenvalue weighted by molar-refractivity contribution is 7.89. The minimum absolute atomic E-state index is 0.0676. The predicted molar refractivity (Wildman–Crippen MR) is 53.5 cm³/mol. The molecule has 1 aromatic rings. The molecule has 0 radical (unpaired) electrons. The third-order valence-electron chi connectivity index (χ3n) is 1.90. The molecule has 0 saturated carbocycles. The maximum atomic E-state index is 11.3. The summed E-state index contributed by atoms with van der Waals surface area (Å²) in [6.45, 7) is 0.0676. The summed E-state index contributed by atoms with van der Waals surface area (Å²) in [4.78, 5) is 0.238. The van der Waals surface area contributed by atoms with E-state index in [0.717, 1.165) is 5.56 Å². The van der Waals surface area contributed by atoms with E-state index in [0.29, 0.717) is 6.42 Å². The van der Waals surface area contributed by atoms with Gasteiger partial charge in [-0.25, -0.2) is 13.1 Å². The quantitative estimate of drug-likeness (QED) is 0.750. The topological polar surface area (TPSA) is 66.4 Å². The van der Waals surface area contributed by atoms with Gasteiger partial charge in [-0.3, -0.25) is 0 Å². The number of aliphatic hydroxyl groups is 1. The lowest BCUT2D eigenvalue weighted by atomic mass is 10.2. The first-order valence-corrected chi connectivity index (χ1v) is 5.72. The van der Waals surface area contributed by atoms with Crippen LogP contribution in [0.5, 0.6) is 0 Å². The molecule has 14 heavy (non-hydrogen) atoms. The Morgan fingerprint density at radius 3 is 2.29 bits per heavy atom. The second kappa shape index (κ2) is 4.54. The SMILES string of the molecule is CNS(=O)(=O)c1ccc(CCO)cc1. The standard InChI is InChI=1S/C9H13NO3S/c1-10-14(12,13)9-4-2-8(3-5-9)6-7-11/h2-5,10-11H,6-7H2,1H3. The van der Waals surface area contributed by atoms with E-state index in [2.05, 4.69) is 4.72 Å². The van der Waals surface area contributed by atoms with Crippen LogP contribution in [0.2, 0.25) is 0 Å². The summed E-state index contributed by atoms with van der Waals surface area (Å²) < 4.78 is 24.9. The van der Waals surface area contributed by atoms with Crippen LogP contribution in [0.3, 0.4) is 0 Å². The first-order valence-electron chi connectivity index (χ1n) is 4.23. The third-order valence-corrected chi connectivity index (χ3v) is 3.33. The first kappa shape index (κ1) is 11.2. The van der Waals surface area contributed by atoms with Gasteiger partial charge in [0.05, 0.1) is 4.90 Å². The van der Waals surface area contributed by atoms with Gasteiger partial charge in [-0.05, 0) is 31.2 Å². The normalized spacial score (nSPS) is 11.6. The van der Waals surface area contributed by atoms with Crippen LogP contribution in [0.25, 0.3) is 0 Å². The van der Waals surface area contributed by atoms with E-state index in [4.69, 9.17) is 5.11 Å². The molecular weight excluding hydrogens is 202 g/mol. The summed E-state index contributed by atoms with van der Waals surface area (Å²) in [6, 6.07) is 6.44. The van der Waals surface area contributed by atoms with E-state index in [1.54, 1.807) is 12.1 Å². The minimum atomic E-state index is -3.34. The zero-order valence-corrected chi connectivity index (χ0v) is 8.71. The Morgan fingerprint density at radius 1 is 1.29 bits per heavy atom. The molecular formula is C9H13NO3S. The van der Waals surface area contributed by atoms with Crippen LogP contribution in [0, 0.1) is 0 Å². The number of rotatable bonds is 4. The zero-order valence-electron chi connectivity index (χ0n) is 7.90. The number of hydrogen-bond donors (Lipinski definition) is 2. The molecule has 0 unspecified atom stereocenters. The number of benzene rings is 1. The van der Waals surface area contributed by atoms with Crippen LogP contribution in [-0.4, -0.2) is 27.2 Å². The van der Waals surface area contributed by atoms with E-state index in [9.17, 15) is 8.42 Å². The molecule has 4 nitrogen and oxygen atoms in total. The Bertz CT molecular complexity index is 383. The molecule has 0 amide bonds. The van der Waals surface area contributed by atoms with Crippen molar-refractivity contribution in [1.82, 2.24) is 4.72 Å². The van der Waals surface area contributed by atoms with Crippen LogP contribution >= 0.6 is 0 Å². The van der Waals surface area contributed by atoms with Crippen LogP contribution in [0.1, 0.15) is 5.56 Å². The van der Waals surface area contributed by atoms with E-state index in [1.165, 1.54) is 19.2 Å². The van der Waals surface area contributed by atoms with Crippen molar-refractivity contribution in [3.8, 4) is 0 Å². The molecule has 0 heterocycles. The van der Waals surface area contributed by atoms with Crippen LogP contribution in [0.4, 0.5) is 0 Å². The number of sulfonamides is 1. The van der Waals surface area contributed by atoms with Gasteiger partial charge in [0.2, 0.25) is 10.0 Å². The highest BCUT2D eigenvalue weighted by Gasteiger charge is 2.09. The molecule has 0 saturated heterocycles. The van der Waals surface area contributed by atoms with Crippen molar-refractivity contribution in [1.29, 1.82) is 0 Å². The Morgan fingerprint density at radius 2 is 1.86 bits per heavy atom. The van der Waals surface area contributed by atoms with Gasteiger partial charge in [0, 0.05) is 6.61 Å². The van der Waals surface area contributed by atoms with Crippen molar-refractivity contribution in [2.75, 3.05) is 13.7 Å². The molecule has 0 aliphatic rings. The van der Waals surface area contributed by atoms with Crippen molar-refractivity contribution in [2.45, 2.75) is 11.3 Å². The average Bonchev–Trinajstić information content (AvgIpc) is 2.19. The van der Waals surface area contributed by atoms with Gasteiger partial charge in [0.15, 0.2) is 0 Å². The molecule has 0 fully saturated rings. The van der Waals surface area contributed by atoms with Crippen molar-refractivity contribution >= 4 is 10.0 Å². The monoisotopic (exact) mass is 215 g/mol. The molecule has 0 aliphatic heterocycles. The Labute approximate surface area is 83.6 Å². The van der Waals surface area contributed by atoms with Crippen LogP contribution in [0.15, 0.2) is 29.2 Å².